The van der Waals surface area contributed by atoms with Gasteiger partial charge in [0.15, 0.2) is 0 Å². The molecule has 0 heterocycles. The Bertz CT molecular complexity index is 347. The Morgan fingerprint density at radius 3 is 2.44 bits per heavy atom. The first-order valence-corrected chi connectivity index (χ1v) is 7.12. The average Bonchev–Trinajstić information content (AvgIpc) is 2.34. The van der Waals surface area contributed by atoms with E-state index in [0.717, 1.165) is 19.6 Å². The topological polar surface area (TPSA) is 15.3 Å². The maximum absolute atomic E-state index is 3.60. The van der Waals surface area contributed by atoms with E-state index in [1.54, 1.807) is 0 Å². The van der Waals surface area contributed by atoms with E-state index >= 15 is 0 Å². The lowest BCUT2D eigenvalue weighted by Crippen LogP contribution is -2.39. The number of aryl methyl sites for hydroxylation is 1. The molecule has 1 atom stereocenters. The van der Waals surface area contributed by atoms with Crippen molar-refractivity contribution in [1.29, 1.82) is 0 Å². The number of benzene rings is 1. The van der Waals surface area contributed by atoms with Gasteiger partial charge in [-0.15, -0.1) is 0 Å². The zero-order valence-electron chi connectivity index (χ0n) is 12.5. The average molecular weight is 248 g/mol. The fourth-order valence-electron chi connectivity index (χ4n) is 2.36. The summed E-state index contributed by atoms with van der Waals surface area (Å²) in [4.78, 5) is 2.51. The highest BCUT2D eigenvalue weighted by Gasteiger charge is 2.16. The van der Waals surface area contributed by atoms with Gasteiger partial charge in [0.25, 0.3) is 0 Å². The fourth-order valence-corrected chi connectivity index (χ4v) is 2.36. The van der Waals surface area contributed by atoms with Gasteiger partial charge in [-0.1, -0.05) is 43.7 Å². The van der Waals surface area contributed by atoms with E-state index in [1.807, 2.05) is 0 Å². The second-order valence-electron chi connectivity index (χ2n) is 5.21. The van der Waals surface area contributed by atoms with Crippen LogP contribution in [-0.2, 0) is 0 Å². The molecule has 18 heavy (non-hydrogen) atoms. The predicted molar refractivity (Wildman–Crippen MR) is 80.0 cm³/mol. The number of hydrogen-bond donors (Lipinski definition) is 1. The van der Waals surface area contributed by atoms with Crippen molar-refractivity contribution in [3.05, 3.63) is 35.4 Å². The van der Waals surface area contributed by atoms with Crippen LogP contribution in [0.25, 0.3) is 0 Å². The number of nitrogens with zero attached hydrogens (tertiary/aromatic N) is 1. The second-order valence-corrected chi connectivity index (χ2v) is 5.21. The molecule has 0 radical (unpaired) electrons. The third-order valence-electron chi connectivity index (χ3n) is 3.45. The Morgan fingerprint density at radius 1 is 1.22 bits per heavy atom. The summed E-state index contributed by atoms with van der Waals surface area (Å²) in [6.45, 7) is 14.3. The van der Waals surface area contributed by atoms with Crippen molar-refractivity contribution in [2.45, 2.75) is 46.7 Å². The quantitative estimate of drug-likeness (QED) is 0.796. The minimum atomic E-state index is 0.428. The molecule has 2 nitrogen and oxygen atoms in total. The van der Waals surface area contributed by atoms with Gasteiger partial charge >= 0.3 is 0 Å². The van der Waals surface area contributed by atoms with E-state index < -0.39 is 0 Å². The highest BCUT2D eigenvalue weighted by atomic mass is 15.2. The van der Waals surface area contributed by atoms with E-state index in [9.17, 15) is 0 Å². The van der Waals surface area contributed by atoms with Crippen LogP contribution in [0.2, 0.25) is 0 Å². The monoisotopic (exact) mass is 248 g/mol. The van der Waals surface area contributed by atoms with Gasteiger partial charge in [0.2, 0.25) is 0 Å². The second kappa shape index (κ2) is 7.55. The van der Waals surface area contributed by atoms with E-state index in [4.69, 9.17) is 0 Å². The van der Waals surface area contributed by atoms with Gasteiger partial charge < -0.3 is 5.32 Å². The van der Waals surface area contributed by atoms with Gasteiger partial charge in [0.1, 0.15) is 0 Å². The van der Waals surface area contributed by atoms with Gasteiger partial charge in [-0.3, -0.25) is 4.90 Å². The zero-order valence-corrected chi connectivity index (χ0v) is 12.5. The molecule has 0 aromatic heterocycles. The summed E-state index contributed by atoms with van der Waals surface area (Å²) >= 11 is 0. The molecule has 0 amide bonds. The molecular weight excluding hydrogens is 220 g/mol. The highest BCUT2D eigenvalue weighted by Crippen LogP contribution is 2.17. The summed E-state index contributed by atoms with van der Waals surface area (Å²) in [5, 5.41) is 3.60. The molecule has 0 fully saturated rings. The van der Waals surface area contributed by atoms with E-state index in [2.05, 4.69) is 69.1 Å². The first kappa shape index (κ1) is 15.2. The Morgan fingerprint density at radius 2 is 1.94 bits per heavy atom. The van der Waals surface area contributed by atoms with E-state index in [1.165, 1.54) is 11.1 Å². The van der Waals surface area contributed by atoms with Crippen LogP contribution in [0.1, 0.15) is 44.9 Å². The predicted octanol–water partition coefficient (Wildman–Crippen LogP) is 3.38. The number of nitrogens with one attached hydrogen (secondary N) is 1. The molecule has 0 aliphatic rings. The lowest BCUT2D eigenvalue weighted by atomic mass is 10.0. The van der Waals surface area contributed by atoms with Crippen LogP contribution in [0, 0.1) is 6.92 Å². The first-order valence-electron chi connectivity index (χ1n) is 7.12. The Labute approximate surface area is 112 Å². The molecule has 1 aromatic carbocycles. The Balaban J connectivity index is 2.82. The maximum atomic E-state index is 3.60. The van der Waals surface area contributed by atoms with Gasteiger partial charge in [-0.2, -0.15) is 0 Å². The molecule has 0 saturated heterocycles. The molecule has 1 rings (SSSR count). The molecule has 1 unspecified atom stereocenters. The lowest BCUT2D eigenvalue weighted by molar-refractivity contribution is 0.208. The van der Waals surface area contributed by atoms with Gasteiger partial charge in [-0.25, -0.2) is 0 Å². The zero-order chi connectivity index (χ0) is 13.5. The van der Waals surface area contributed by atoms with Crippen LogP contribution in [0.5, 0.6) is 0 Å². The van der Waals surface area contributed by atoms with Crippen LogP contribution in [0.4, 0.5) is 0 Å². The molecule has 0 spiro atoms. The molecule has 0 saturated carbocycles. The summed E-state index contributed by atoms with van der Waals surface area (Å²) in [6, 6.07) is 9.86. The SMILES string of the molecule is CCNC(CN(CC)C(C)C)c1cccc(C)c1. The Hall–Kier alpha value is -0.860. The molecule has 0 aliphatic heterocycles. The third-order valence-corrected chi connectivity index (χ3v) is 3.45. The summed E-state index contributed by atoms with van der Waals surface area (Å²) in [5.74, 6) is 0. The largest absolute Gasteiger partial charge is 0.309 e. The molecular formula is C16H28N2. The van der Waals surface area contributed by atoms with E-state index in [-0.39, 0.29) is 0 Å². The van der Waals surface area contributed by atoms with Crippen LogP contribution in [0.3, 0.4) is 0 Å². The van der Waals surface area contributed by atoms with Crippen LogP contribution in [0.15, 0.2) is 24.3 Å². The molecule has 102 valence electrons. The first-order chi connectivity index (χ1) is 8.58. The van der Waals surface area contributed by atoms with Gasteiger partial charge in [-0.05, 0) is 39.4 Å². The van der Waals surface area contributed by atoms with Crippen molar-refractivity contribution in [3.8, 4) is 0 Å². The standard InChI is InChI=1S/C16H28N2/c1-6-17-16(12-18(7-2)13(3)4)15-10-8-9-14(5)11-15/h8-11,13,16-17H,6-7,12H2,1-5H3. The van der Waals surface area contributed by atoms with Crippen molar-refractivity contribution in [3.63, 3.8) is 0 Å². The van der Waals surface area contributed by atoms with Crippen molar-refractivity contribution in [2.75, 3.05) is 19.6 Å². The number of rotatable bonds is 7. The van der Waals surface area contributed by atoms with Crippen molar-refractivity contribution < 1.29 is 0 Å². The third kappa shape index (κ3) is 4.43. The minimum absolute atomic E-state index is 0.428. The highest BCUT2D eigenvalue weighted by molar-refractivity contribution is 5.25. The normalized spacial score (nSPS) is 13.3. The molecule has 1 aromatic rings. The Kier molecular flexibility index (Phi) is 6.37. The van der Waals surface area contributed by atoms with Crippen LogP contribution < -0.4 is 5.32 Å². The van der Waals surface area contributed by atoms with Gasteiger partial charge in [0, 0.05) is 18.6 Å². The molecule has 0 aliphatic carbocycles. The molecule has 2 heteroatoms. The summed E-state index contributed by atoms with van der Waals surface area (Å²) < 4.78 is 0. The summed E-state index contributed by atoms with van der Waals surface area (Å²) in [7, 11) is 0. The van der Waals surface area contributed by atoms with Crippen molar-refractivity contribution in [2.24, 2.45) is 0 Å². The smallest absolute Gasteiger partial charge is 0.0449 e. The fraction of sp³-hybridized carbons (Fsp3) is 0.625. The van der Waals surface area contributed by atoms with Gasteiger partial charge in [0.05, 0.1) is 0 Å². The summed E-state index contributed by atoms with van der Waals surface area (Å²) in [5.41, 5.74) is 2.74. The van der Waals surface area contributed by atoms with Crippen molar-refractivity contribution in [1.82, 2.24) is 10.2 Å². The minimum Gasteiger partial charge on any atom is -0.309 e. The van der Waals surface area contributed by atoms with E-state index in [0.29, 0.717) is 12.1 Å². The number of hydrogen-bond acceptors (Lipinski definition) is 2. The number of likely N-dealkylation sites (N-methyl/N-ethyl adjacent to an activating group) is 2. The van der Waals surface area contributed by atoms with Crippen molar-refractivity contribution >= 4 is 0 Å². The maximum Gasteiger partial charge on any atom is 0.0449 e. The lowest BCUT2D eigenvalue weighted by Gasteiger charge is -2.30. The molecule has 0 bridgehead atoms. The van der Waals surface area contributed by atoms with Crippen LogP contribution in [-0.4, -0.2) is 30.6 Å². The molecule has 1 N–H and O–H groups in total. The summed E-state index contributed by atoms with van der Waals surface area (Å²) in [6.07, 6.45) is 0. The van der Waals surface area contributed by atoms with Crippen LogP contribution >= 0.6 is 0 Å².